The van der Waals surface area contributed by atoms with Crippen LogP contribution in [0.5, 0.6) is 0 Å². The Balaban J connectivity index is 1.49. The van der Waals surface area contributed by atoms with E-state index in [-0.39, 0.29) is 23.9 Å². The van der Waals surface area contributed by atoms with Gasteiger partial charge in [-0.25, -0.2) is 9.78 Å². The van der Waals surface area contributed by atoms with Crippen molar-refractivity contribution < 1.29 is 14.4 Å². The molecule has 0 spiro atoms. The molecule has 9 heteroatoms. The van der Waals surface area contributed by atoms with Gasteiger partial charge < -0.3 is 15.5 Å². The molecule has 174 valence electrons. The molecule has 0 bridgehead atoms. The van der Waals surface area contributed by atoms with E-state index in [0.717, 1.165) is 35.0 Å². The summed E-state index contributed by atoms with van der Waals surface area (Å²) in [4.78, 5) is 47.4. The third-order valence-electron chi connectivity index (χ3n) is 6.29. The Bertz CT molecular complexity index is 1350. The van der Waals surface area contributed by atoms with E-state index >= 15 is 0 Å². The number of likely N-dealkylation sites (tertiary alicyclic amines) is 1. The smallest absolute Gasteiger partial charge is 0.331 e. The van der Waals surface area contributed by atoms with Gasteiger partial charge in [-0.1, -0.05) is 24.3 Å². The van der Waals surface area contributed by atoms with Gasteiger partial charge in [0.15, 0.2) is 0 Å². The molecule has 2 aromatic heterocycles. The highest BCUT2D eigenvalue weighted by Crippen LogP contribution is 2.46. The van der Waals surface area contributed by atoms with Crippen LogP contribution in [0.4, 0.5) is 21.9 Å². The first-order valence-electron chi connectivity index (χ1n) is 11.2. The Morgan fingerprint density at radius 2 is 2.09 bits per heavy atom. The molecular formula is C25H25N5O3S. The van der Waals surface area contributed by atoms with Crippen LogP contribution in [0.3, 0.4) is 0 Å². The van der Waals surface area contributed by atoms with Crippen LogP contribution in [0.2, 0.25) is 0 Å². The number of urea groups is 1. The molecule has 5 rings (SSSR count). The number of rotatable bonds is 4. The fourth-order valence-electron chi connectivity index (χ4n) is 4.71. The van der Waals surface area contributed by atoms with Crippen molar-refractivity contribution >= 4 is 56.5 Å². The third kappa shape index (κ3) is 3.71. The molecule has 2 aliphatic rings. The molecule has 0 saturated carbocycles. The van der Waals surface area contributed by atoms with Crippen LogP contribution in [0.1, 0.15) is 33.6 Å². The number of hydrogen-bond donors (Lipinski definition) is 2. The molecule has 4 heterocycles. The van der Waals surface area contributed by atoms with E-state index in [0.29, 0.717) is 34.2 Å². The molecule has 1 atom stereocenters. The molecule has 0 radical (unpaired) electrons. The van der Waals surface area contributed by atoms with E-state index < -0.39 is 0 Å². The van der Waals surface area contributed by atoms with Crippen LogP contribution in [0.25, 0.3) is 10.2 Å². The highest BCUT2D eigenvalue weighted by atomic mass is 32.1. The van der Waals surface area contributed by atoms with Crippen molar-refractivity contribution in [2.45, 2.75) is 32.7 Å². The number of carbonyl (C=O) groups excluding carboxylic acids is 3. The standard InChI is InChI=1S/C25H25N5O3S/c1-4-19(31)29-11-5-6-16(13-29)27-23(32)22-21-20-18(9-10-26-24(20)34-22)30(25(33)28-21)17-8-7-14(2)12-15(17)3/h4,7-10,12,16H,1,5-6,11,13H2,2-3H3,(H,27,32)(H,28,33). The summed E-state index contributed by atoms with van der Waals surface area (Å²) in [5.41, 5.74) is 4.07. The SMILES string of the molecule is C=CC(=O)N1CCCC(NC(=O)c2sc3nccc4c3c2NC(=O)N4c2ccc(C)cc2C)C1. The zero-order valence-electron chi connectivity index (χ0n) is 19.1. The topological polar surface area (TPSA) is 94.6 Å². The minimum Gasteiger partial charge on any atom is -0.347 e. The van der Waals surface area contributed by atoms with E-state index in [1.54, 1.807) is 22.1 Å². The highest BCUT2D eigenvalue weighted by Gasteiger charge is 2.34. The molecule has 2 N–H and O–H groups in total. The van der Waals surface area contributed by atoms with Gasteiger partial charge >= 0.3 is 6.03 Å². The molecule has 34 heavy (non-hydrogen) atoms. The number of nitrogens with one attached hydrogen (secondary N) is 2. The maximum atomic E-state index is 13.3. The van der Waals surface area contributed by atoms with E-state index in [9.17, 15) is 14.4 Å². The van der Waals surface area contributed by atoms with Crippen LogP contribution in [0, 0.1) is 13.8 Å². The number of thiophene rings is 1. The third-order valence-corrected chi connectivity index (χ3v) is 7.38. The summed E-state index contributed by atoms with van der Waals surface area (Å²) >= 11 is 1.26. The van der Waals surface area contributed by atoms with E-state index in [1.807, 2.05) is 32.0 Å². The van der Waals surface area contributed by atoms with Crippen molar-refractivity contribution in [3.05, 3.63) is 59.1 Å². The molecule has 1 saturated heterocycles. The second kappa shape index (κ2) is 8.57. The summed E-state index contributed by atoms with van der Waals surface area (Å²) in [6, 6.07) is 7.26. The molecule has 8 nitrogen and oxygen atoms in total. The number of carbonyl (C=O) groups is 3. The lowest BCUT2D eigenvalue weighted by Gasteiger charge is -2.32. The van der Waals surface area contributed by atoms with E-state index in [1.165, 1.54) is 17.4 Å². The molecule has 0 aliphatic carbocycles. The van der Waals surface area contributed by atoms with Gasteiger partial charge in [0.05, 0.1) is 22.4 Å². The number of aryl methyl sites for hydroxylation is 2. The van der Waals surface area contributed by atoms with Gasteiger partial charge in [-0.2, -0.15) is 0 Å². The van der Waals surface area contributed by atoms with Crippen molar-refractivity contribution in [3.8, 4) is 0 Å². The maximum absolute atomic E-state index is 13.3. The Kier molecular flexibility index (Phi) is 5.57. The van der Waals surface area contributed by atoms with Gasteiger partial charge in [0.25, 0.3) is 5.91 Å². The summed E-state index contributed by atoms with van der Waals surface area (Å²) in [7, 11) is 0. The summed E-state index contributed by atoms with van der Waals surface area (Å²) in [6.07, 6.45) is 4.54. The molecule has 4 amide bonds. The highest BCUT2D eigenvalue weighted by molar-refractivity contribution is 7.21. The lowest BCUT2D eigenvalue weighted by Crippen LogP contribution is -2.49. The summed E-state index contributed by atoms with van der Waals surface area (Å²) in [5.74, 6) is -0.411. The Labute approximate surface area is 201 Å². The zero-order valence-corrected chi connectivity index (χ0v) is 19.9. The number of aromatic nitrogens is 1. The van der Waals surface area contributed by atoms with E-state index in [4.69, 9.17) is 0 Å². The lowest BCUT2D eigenvalue weighted by molar-refractivity contribution is -0.127. The van der Waals surface area contributed by atoms with Crippen molar-refractivity contribution in [1.82, 2.24) is 15.2 Å². The Morgan fingerprint density at radius 1 is 1.26 bits per heavy atom. The molecule has 3 aromatic rings. The summed E-state index contributed by atoms with van der Waals surface area (Å²) in [6.45, 7) is 8.63. The predicted octanol–water partition coefficient (Wildman–Crippen LogP) is 4.50. The van der Waals surface area contributed by atoms with Gasteiger partial charge in [-0.15, -0.1) is 11.3 Å². The van der Waals surface area contributed by atoms with Gasteiger partial charge in [0.1, 0.15) is 9.71 Å². The normalized spacial score (nSPS) is 17.5. The Hall–Kier alpha value is -3.72. The number of piperidine rings is 1. The van der Waals surface area contributed by atoms with Crippen LogP contribution < -0.4 is 15.5 Å². The fraction of sp³-hybridized carbons (Fsp3) is 0.280. The number of nitrogens with zero attached hydrogens (tertiary/aromatic N) is 3. The first kappa shape index (κ1) is 22.1. The van der Waals surface area contributed by atoms with Crippen molar-refractivity contribution in [1.29, 1.82) is 0 Å². The quantitative estimate of drug-likeness (QED) is 0.543. The van der Waals surface area contributed by atoms with Crippen LogP contribution in [0.15, 0.2) is 43.1 Å². The average Bonchev–Trinajstić information content (AvgIpc) is 3.19. The van der Waals surface area contributed by atoms with Crippen LogP contribution >= 0.6 is 11.3 Å². The fourth-order valence-corrected chi connectivity index (χ4v) is 5.74. The average molecular weight is 476 g/mol. The molecule has 1 unspecified atom stereocenters. The van der Waals surface area contributed by atoms with Crippen molar-refractivity contribution in [2.24, 2.45) is 0 Å². The van der Waals surface area contributed by atoms with Crippen LogP contribution in [-0.4, -0.2) is 46.9 Å². The molecule has 1 fully saturated rings. The first-order chi connectivity index (χ1) is 16.4. The summed E-state index contributed by atoms with van der Waals surface area (Å²) < 4.78 is 0. The maximum Gasteiger partial charge on any atom is 0.331 e. The van der Waals surface area contributed by atoms with E-state index in [2.05, 4.69) is 22.2 Å². The van der Waals surface area contributed by atoms with Gasteiger partial charge in [0, 0.05) is 25.3 Å². The molecule has 2 aliphatic heterocycles. The minimum atomic E-state index is -0.320. The second-order valence-corrected chi connectivity index (χ2v) is 9.67. The van der Waals surface area contributed by atoms with Gasteiger partial charge in [0.2, 0.25) is 5.91 Å². The number of amides is 4. The Morgan fingerprint density at radius 3 is 2.85 bits per heavy atom. The number of benzene rings is 1. The van der Waals surface area contributed by atoms with Gasteiger partial charge in [-0.3, -0.25) is 14.5 Å². The number of anilines is 3. The number of hydrogen-bond acceptors (Lipinski definition) is 5. The monoisotopic (exact) mass is 475 g/mol. The zero-order chi connectivity index (χ0) is 24.0. The lowest BCUT2D eigenvalue weighted by atomic mass is 10.0. The largest absolute Gasteiger partial charge is 0.347 e. The predicted molar refractivity (Wildman–Crippen MR) is 134 cm³/mol. The summed E-state index contributed by atoms with van der Waals surface area (Å²) in [5, 5.41) is 6.74. The second-order valence-electron chi connectivity index (χ2n) is 8.67. The molecule has 1 aromatic carbocycles. The van der Waals surface area contributed by atoms with Crippen molar-refractivity contribution in [3.63, 3.8) is 0 Å². The van der Waals surface area contributed by atoms with Crippen molar-refractivity contribution in [2.75, 3.05) is 23.3 Å². The van der Waals surface area contributed by atoms with Crippen LogP contribution in [-0.2, 0) is 4.79 Å². The molecular weight excluding hydrogens is 450 g/mol. The number of pyridine rings is 1. The first-order valence-corrected chi connectivity index (χ1v) is 12.0. The minimum absolute atomic E-state index is 0.136. The van der Waals surface area contributed by atoms with Gasteiger partial charge in [-0.05, 0) is 50.5 Å².